The average molecular weight is 385 g/mol. The van der Waals surface area contributed by atoms with E-state index in [1.54, 1.807) is 36.7 Å². The van der Waals surface area contributed by atoms with Crippen LogP contribution in [0, 0.1) is 0 Å². The molecule has 28 heavy (non-hydrogen) atoms. The van der Waals surface area contributed by atoms with Crippen molar-refractivity contribution in [1.29, 1.82) is 0 Å². The minimum atomic E-state index is -0.467. The number of benzene rings is 1. The van der Waals surface area contributed by atoms with Gasteiger partial charge in [-0.25, -0.2) is 14.8 Å². The van der Waals surface area contributed by atoms with E-state index in [1.807, 2.05) is 0 Å². The van der Waals surface area contributed by atoms with Crippen molar-refractivity contribution in [2.75, 3.05) is 6.61 Å². The van der Waals surface area contributed by atoms with Crippen LogP contribution in [0.5, 0.6) is 11.8 Å². The molecule has 0 aliphatic heterocycles. The lowest BCUT2D eigenvalue weighted by molar-refractivity contribution is 0.0719. The van der Waals surface area contributed by atoms with Crippen LogP contribution in [0.3, 0.4) is 0 Å². The van der Waals surface area contributed by atoms with Gasteiger partial charge in [0.05, 0.1) is 12.2 Å². The summed E-state index contributed by atoms with van der Waals surface area (Å²) in [7, 11) is 0. The molecule has 1 aromatic heterocycles. The van der Waals surface area contributed by atoms with E-state index in [-0.39, 0.29) is 6.01 Å². The Balaban J connectivity index is 1.77. The summed E-state index contributed by atoms with van der Waals surface area (Å²) < 4.78 is 11.0. The Kier molecular flexibility index (Phi) is 10.0. The number of rotatable bonds is 13. The van der Waals surface area contributed by atoms with Gasteiger partial charge in [0.15, 0.2) is 0 Å². The minimum Gasteiger partial charge on any atom is -0.494 e. The lowest BCUT2D eigenvalue weighted by atomic mass is 10.1. The Bertz CT molecular complexity index is 684. The van der Waals surface area contributed by atoms with Gasteiger partial charge in [-0.1, -0.05) is 52.4 Å². The number of aromatic nitrogens is 2. The molecule has 0 unspecified atom stereocenters. The molecule has 0 atom stereocenters. The van der Waals surface area contributed by atoms with E-state index in [9.17, 15) is 4.79 Å². The molecule has 1 aromatic carbocycles. The molecule has 0 N–H and O–H groups in total. The first kappa shape index (κ1) is 21.9. The lowest BCUT2D eigenvalue weighted by Gasteiger charge is -2.07. The highest BCUT2D eigenvalue weighted by Crippen LogP contribution is 2.15. The molecule has 0 fully saturated rings. The molecule has 0 radical (unpaired) electrons. The summed E-state index contributed by atoms with van der Waals surface area (Å²) in [6.07, 6.45) is 13.9. The van der Waals surface area contributed by atoms with E-state index in [1.165, 1.54) is 38.5 Å². The Labute approximate surface area is 168 Å². The maximum Gasteiger partial charge on any atom is 0.345 e. The van der Waals surface area contributed by atoms with Crippen molar-refractivity contribution in [2.24, 2.45) is 0 Å². The number of ether oxygens (including phenoxy) is 2. The second kappa shape index (κ2) is 12.9. The number of carbonyl (C=O) groups is 1. The van der Waals surface area contributed by atoms with E-state index >= 15 is 0 Å². The highest BCUT2D eigenvalue weighted by Gasteiger charge is 2.10. The van der Waals surface area contributed by atoms with Gasteiger partial charge in [-0.2, -0.15) is 0 Å². The van der Waals surface area contributed by atoms with E-state index in [2.05, 4.69) is 23.8 Å². The molecule has 5 nitrogen and oxygen atoms in total. The first-order valence-electron chi connectivity index (χ1n) is 10.5. The summed E-state index contributed by atoms with van der Waals surface area (Å²) in [6.45, 7) is 5.08. The van der Waals surface area contributed by atoms with Crippen molar-refractivity contribution in [1.82, 2.24) is 9.97 Å². The fraction of sp³-hybridized carbons (Fsp3) is 0.522. The molecule has 0 spiro atoms. The van der Waals surface area contributed by atoms with Crippen LogP contribution in [0.2, 0.25) is 0 Å². The van der Waals surface area contributed by atoms with Crippen LogP contribution >= 0.6 is 0 Å². The zero-order chi connectivity index (χ0) is 20.0. The van der Waals surface area contributed by atoms with E-state index in [0.29, 0.717) is 12.2 Å². The number of aryl methyl sites for hydroxylation is 1. The molecule has 0 amide bonds. The predicted octanol–water partition coefficient (Wildman–Crippen LogP) is 5.78. The summed E-state index contributed by atoms with van der Waals surface area (Å²) in [4.78, 5) is 20.5. The third kappa shape index (κ3) is 8.07. The number of hydrogen-bond acceptors (Lipinski definition) is 5. The molecule has 0 aliphatic carbocycles. The maximum atomic E-state index is 12.2. The third-order valence-electron chi connectivity index (χ3n) is 4.54. The fourth-order valence-electron chi connectivity index (χ4n) is 2.83. The molecule has 0 saturated heterocycles. The van der Waals surface area contributed by atoms with Crippen LogP contribution in [0.15, 0.2) is 36.7 Å². The van der Waals surface area contributed by atoms with Gasteiger partial charge >= 0.3 is 12.0 Å². The monoisotopic (exact) mass is 384 g/mol. The predicted molar refractivity (Wildman–Crippen MR) is 111 cm³/mol. The van der Waals surface area contributed by atoms with Crippen LogP contribution in [-0.2, 0) is 6.42 Å². The van der Waals surface area contributed by atoms with Gasteiger partial charge < -0.3 is 9.47 Å². The summed E-state index contributed by atoms with van der Waals surface area (Å²) >= 11 is 0. The molecule has 0 bridgehead atoms. The first-order chi connectivity index (χ1) is 13.7. The first-order valence-corrected chi connectivity index (χ1v) is 10.5. The summed E-state index contributed by atoms with van der Waals surface area (Å²) in [5.74, 6) is 0.293. The van der Waals surface area contributed by atoms with E-state index in [4.69, 9.17) is 9.47 Å². The second-order valence-corrected chi connectivity index (χ2v) is 7.01. The van der Waals surface area contributed by atoms with Crippen molar-refractivity contribution in [3.8, 4) is 11.8 Å². The van der Waals surface area contributed by atoms with Gasteiger partial charge in [0.25, 0.3) is 0 Å². The highest BCUT2D eigenvalue weighted by atomic mass is 16.5. The Morgan fingerprint density at radius 3 is 2.14 bits per heavy atom. The van der Waals surface area contributed by atoms with Crippen LogP contribution in [0.1, 0.15) is 81.1 Å². The minimum absolute atomic E-state index is 0.0820. The van der Waals surface area contributed by atoms with E-state index < -0.39 is 5.97 Å². The molecule has 0 aliphatic rings. The standard InChI is InChI=1S/C23H32N2O3/c1-3-5-7-9-11-19-17-24-23(25-18-19)28-22(26)20-12-14-21(15-13-20)27-16-10-8-6-4-2/h12-15,17-18H,3-11,16H2,1-2H3. The highest BCUT2D eigenvalue weighted by molar-refractivity contribution is 5.90. The Morgan fingerprint density at radius 1 is 0.857 bits per heavy atom. The number of unbranched alkanes of at least 4 members (excludes halogenated alkanes) is 6. The van der Waals surface area contributed by atoms with Crippen LogP contribution in [-0.4, -0.2) is 22.5 Å². The quantitative estimate of drug-likeness (QED) is 0.324. The zero-order valence-electron chi connectivity index (χ0n) is 17.2. The van der Waals surface area contributed by atoms with Crippen LogP contribution < -0.4 is 9.47 Å². The van der Waals surface area contributed by atoms with Crippen LogP contribution in [0.25, 0.3) is 0 Å². The SMILES string of the molecule is CCCCCCOc1ccc(C(=O)Oc2ncc(CCCCCC)cn2)cc1. The van der Waals surface area contributed by atoms with Gasteiger partial charge in [-0.05, 0) is 49.1 Å². The van der Waals surface area contributed by atoms with Crippen molar-refractivity contribution < 1.29 is 14.3 Å². The van der Waals surface area contributed by atoms with Gasteiger partial charge in [0.1, 0.15) is 5.75 Å². The lowest BCUT2D eigenvalue weighted by Crippen LogP contribution is -2.10. The number of esters is 1. The van der Waals surface area contributed by atoms with Gasteiger partial charge in [-0.3, -0.25) is 0 Å². The second-order valence-electron chi connectivity index (χ2n) is 7.01. The Morgan fingerprint density at radius 2 is 1.50 bits per heavy atom. The fourth-order valence-corrected chi connectivity index (χ4v) is 2.83. The molecule has 5 heteroatoms. The van der Waals surface area contributed by atoms with Crippen molar-refractivity contribution in [3.63, 3.8) is 0 Å². The molecule has 1 heterocycles. The molecular formula is C23H32N2O3. The number of nitrogens with zero attached hydrogens (tertiary/aromatic N) is 2. The number of hydrogen-bond donors (Lipinski definition) is 0. The largest absolute Gasteiger partial charge is 0.494 e. The van der Waals surface area contributed by atoms with Gasteiger partial charge in [-0.15, -0.1) is 0 Å². The van der Waals surface area contributed by atoms with Crippen molar-refractivity contribution in [2.45, 2.75) is 71.6 Å². The Hall–Kier alpha value is -2.43. The van der Waals surface area contributed by atoms with Crippen molar-refractivity contribution in [3.05, 3.63) is 47.8 Å². The number of carbonyl (C=O) groups excluding carboxylic acids is 1. The molecule has 152 valence electrons. The van der Waals surface area contributed by atoms with Gasteiger partial charge in [0.2, 0.25) is 0 Å². The summed E-state index contributed by atoms with van der Waals surface area (Å²) in [5, 5.41) is 0. The van der Waals surface area contributed by atoms with Gasteiger partial charge in [0, 0.05) is 12.4 Å². The third-order valence-corrected chi connectivity index (χ3v) is 4.54. The normalized spacial score (nSPS) is 10.6. The topological polar surface area (TPSA) is 61.3 Å². The van der Waals surface area contributed by atoms with Crippen molar-refractivity contribution >= 4 is 5.97 Å². The molecule has 2 rings (SSSR count). The average Bonchev–Trinajstić information content (AvgIpc) is 2.72. The smallest absolute Gasteiger partial charge is 0.345 e. The molecule has 0 saturated carbocycles. The zero-order valence-corrected chi connectivity index (χ0v) is 17.2. The maximum absolute atomic E-state index is 12.2. The van der Waals surface area contributed by atoms with Crippen LogP contribution in [0.4, 0.5) is 0 Å². The molecular weight excluding hydrogens is 352 g/mol. The van der Waals surface area contributed by atoms with E-state index in [0.717, 1.165) is 30.6 Å². The molecule has 2 aromatic rings. The summed E-state index contributed by atoms with van der Waals surface area (Å²) in [6, 6.07) is 7.06. The summed E-state index contributed by atoms with van der Waals surface area (Å²) in [5.41, 5.74) is 1.52.